The molecule has 0 aromatic heterocycles. The Morgan fingerprint density at radius 2 is 2.00 bits per heavy atom. The van der Waals surface area contributed by atoms with E-state index in [2.05, 4.69) is 5.32 Å². The smallest absolute Gasteiger partial charge is 0.116 e. The number of hydrogen-bond donors (Lipinski definition) is 1. The average Bonchev–Trinajstić information content (AvgIpc) is 2.23. The van der Waals surface area contributed by atoms with Gasteiger partial charge in [-0.05, 0) is 0 Å². The van der Waals surface area contributed by atoms with Gasteiger partial charge in [0.2, 0.25) is 0 Å². The van der Waals surface area contributed by atoms with Gasteiger partial charge in [0.25, 0.3) is 0 Å². The Labute approximate surface area is 58.1 Å². The highest BCUT2D eigenvalue weighted by molar-refractivity contribution is 4.76. The second-order valence-corrected chi connectivity index (χ2v) is 2.15. The van der Waals surface area contributed by atoms with Crippen LogP contribution in [-0.4, -0.2) is 19.3 Å². The summed E-state index contributed by atoms with van der Waals surface area (Å²) in [5, 5.41) is 2.95. The van der Waals surface area contributed by atoms with E-state index >= 15 is 0 Å². The van der Waals surface area contributed by atoms with Gasteiger partial charge in [0.05, 0.1) is 0 Å². The van der Waals surface area contributed by atoms with Crippen molar-refractivity contribution >= 4 is 0 Å². The van der Waals surface area contributed by atoms with Crippen LogP contribution in [0.25, 0.3) is 0 Å². The first kappa shape index (κ1) is 8.89. The van der Waals surface area contributed by atoms with E-state index in [1.165, 1.54) is 0 Å². The first-order valence-electron chi connectivity index (χ1n) is 3.65. The van der Waals surface area contributed by atoms with E-state index < -0.39 is 6.17 Å². The topological polar surface area (TPSA) is 12.0 Å². The van der Waals surface area contributed by atoms with Gasteiger partial charge in [0.15, 0.2) is 0 Å². The monoisotopic (exact) mass is 135 g/mol. The zero-order chi connectivity index (χ0) is 7.28. The number of rotatable bonds is 0. The van der Waals surface area contributed by atoms with Gasteiger partial charge in [0, 0.05) is 20.4 Å². The Bertz CT molecular complexity index is 62.6. The number of halogens is 1. The maximum atomic E-state index is 12.3. The predicted octanol–water partition coefficient (Wildman–Crippen LogP) is 1.84. The summed E-state index contributed by atoms with van der Waals surface area (Å²) < 4.78 is 12.3. The van der Waals surface area contributed by atoms with E-state index in [-0.39, 0.29) is 7.34 Å². The number of nitrogens with one attached hydrogen (secondary N) is 1. The van der Waals surface area contributed by atoms with Crippen molar-refractivity contribution in [3.05, 3.63) is 0 Å². The molecule has 1 saturated heterocycles. The molecule has 0 aliphatic carbocycles. The Kier molecular flexibility index (Phi) is 4.68. The quantitative estimate of drug-likeness (QED) is 0.534. The summed E-state index contributed by atoms with van der Waals surface area (Å²) in [4.78, 5) is 0. The highest BCUT2D eigenvalue weighted by Gasteiger charge is 2.21. The summed E-state index contributed by atoms with van der Waals surface area (Å²) in [6, 6.07) is 0. The van der Waals surface area contributed by atoms with Crippen molar-refractivity contribution in [3.8, 4) is 0 Å². The lowest BCUT2D eigenvalue weighted by Crippen LogP contribution is -2.08. The zero-order valence-corrected chi connectivity index (χ0v) is 6.45. The molecule has 0 unspecified atom stereocenters. The maximum Gasteiger partial charge on any atom is 0.116 e. The molecule has 2 atom stereocenters. The molecule has 1 aliphatic rings. The Morgan fingerprint density at radius 1 is 1.44 bits per heavy atom. The molecule has 1 heterocycles. The zero-order valence-electron chi connectivity index (χ0n) is 6.45. The normalized spacial score (nSPS) is 33.3. The van der Waals surface area contributed by atoms with Crippen molar-refractivity contribution in [1.82, 2.24) is 5.32 Å². The fraction of sp³-hybridized carbons (Fsp3) is 1.00. The molecule has 0 radical (unpaired) electrons. The molecule has 0 spiro atoms. The molecule has 0 aromatic carbocycles. The number of alkyl halides is 1. The first-order valence-corrected chi connectivity index (χ1v) is 3.65. The molecule has 1 fully saturated rings. The van der Waals surface area contributed by atoms with E-state index in [0.29, 0.717) is 6.54 Å². The molecule has 1 rings (SSSR count). The third-order valence-corrected chi connectivity index (χ3v) is 1.42. The molecule has 0 bridgehead atoms. The molecule has 1 aliphatic heterocycles. The van der Waals surface area contributed by atoms with Crippen molar-refractivity contribution in [3.63, 3.8) is 0 Å². The molecule has 0 aromatic rings. The van der Waals surface area contributed by atoms with Crippen LogP contribution in [0.1, 0.15) is 22.2 Å². The van der Waals surface area contributed by atoms with Crippen LogP contribution in [0.3, 0.4) is 0 Å². The molecule has 1 N–H and O–H groups in total. The van der Waals surface area contributed by atoms with Crippen molar-refractivity contribution in [2.75, 3.05) is 13.1 Å². The van der Waals surface area contributed by atoms with E-state index in [9.17, 15) is 4.39 Å². The van der Waals surface area contributed by atoms with Gasteiger partial charge in [-0.1, -0.05) is 20.8 Å². The van der Waals surface area contributed by atoms with Crippen molar-refractivity contribution < 1.29 is 5.82 Å². The lowest BCUT2D eigenvalue weighted by Gasteiger charge is -1.99. The SMILES string of the molecule is CC.C[C@@H]1CNC[C@@H]1F.[HH]. The lowest BCUT2D eigenvalue weighted by atomic mass is 10.1. The van der Waals surface area contributed by atoms with Crippen LogP contribution in [0.2, 0.25) is 0 Å². The van der Waals surface area contributed by atoms with Gasteiger partial charge in [-0.3, -0.25) is 0 Å². The fourth-order valence-corrected chi connectivity index (χ4v) is 0.778. The molecule has 0 saturated carbocycles. The van der Waals surface area contributed by atoms with Crippen LogP contribution in [0.4, 0.5) is 4.39 Å². The van der Waals surface area contributed by atoms with E-state index in [0.717, 1.165) is 6.54 Å². The van der Waals surface area contributed by atoms with Gasteiger partial charge in [-0.25, -0.2) is 4.39 Å². The minimum Gasteiger partial charge on any atom is -0.313 e. The Balaban J connectivity index is 0. The third-order valence-electron chi connectivity index (χ3n) is 1.42. The second-order valence-electron chi connectivity index (χ2n) is 2.15. The number of hydrogen-bond acceptors (Lipinski definition) is 1. The molecule has 9 heavy (non-hydrogen) atoms. The summed E-state index contributed by atoms with van der Waals surface area (Å²) in [6.07, 6.45) is -0.597. The third kappa shape index (κ3) is 2.80. The van der Waals surface area contributed by atoms with E-state index in [4.69, 9.17) is 0 Å². The van der Waals surface area contributed by atoms with Gasteiger partial charge in [-0.2, -0.15) is 0 Å². The van der Waals surface area contributed by atoms with Crippen LogP contribution in [0, 0.1) is 5.92 Å². The van der Waals surface area contributed by atoms with Crippen molar-refractivity contribution in [2.45, 2.75) is 26.9 Å². The minimum absolute atomic E-state index is 0. The van der Waals surface area contributed by atoms with Crippen molar-refractivity contribution in [1.29, 1.82) is 0 Å². The van der Waals surface area contributed by atoms with Crippen LogP contribution < -0.4 is 5.32 Å². The first-order chi connectivity index (χ1) is 4.30. The van der Waals surface area contributed by atoms with Gasteiger partial charge >= 0.3 is 0 Å². The van der Waals surface area contributed by atoms with Crippen LogP contribution >= 0.6 is 0 Å². The minimum atomic E-state index is -0.597. The average molecular weight is 135 g/mol. The maximum absolute atomic E-state index is 12.3. The van der Waals surface area contributed by atoms with E-state index in [1.807, 2.05) is 20.8 Å². The standard InChI is InChI=1S/C5H10FN.C2H6.H2/c1-4-2-7-3-5(4)6;1-2;/h4-5,7H,2-3H2,1H3;1-2H3;1H/t4-,5+;;/m1../s1. The van der Waals surface area contributed by atoms with Crippen LogP contribution in [-0.2, 0) is 0 Å². The molecular weight excluding hydrogens is 117 g/mol. The largest absolute Gasteiger partial charge is 0.313 e. The Hall–Kier alpha value is -0.110. The van der Waals surface area contributed by atoms with Crippen LogP contribution in [0.5, 0.6) is 0 Å². The van der Waals surface area contributed by atoms with Crippen molar-refractivity contribution in [2.24, 2.45) is 5.92 Å². The molecular formula is C7H18FN. The fourth-order valence-electron chi connectivity index (χ4n) is 0.778. The lowest BCUT2D eigenvalue weighted by molar-refractivity contribution is 0.298. The molecule has 1 nitrogen and oxygen atoms in total. The Morgan fingerprint density at radius 3 is 2.11 bits per heavy atom. The van der Waals surface area contributed by atoms with Gasteiger partial charge < -0.3 is 5.32 Å². The summed E-state index contributed by atoms with van der Waals surface area (Å²) in [6.45, 7) is 7.33. The summed E-state index contributed by atoms with van der Waals surface area (Å²) >= 11 is 0. The predicted molar refractivity (Wildman–Crippen MR) is 40.4 cm³/mol. The summed E-state index contributed by atoms with van der Waals surface area (Å²) in [7, 11) is 0. The molecule has 0 amide bonds. The highest BCUT2D eigenvalue weighted by Crippen LogP contribution is 2.09. The van der Waals surface area contributed by atoms with Crippen LogP contribution in [0.15, 0.2) is 0 Å². The molecule has 2 heteroatoms. The van der Waals surface area contributed by atoms with E-state index in [1.54, 1.807) is 0 Å². The summed E-state index contributed by atoms with van der Waals surface area (Å²) in [5.74, 6) is 0.236. The van der Waals surface area contributed by atoms with Gasteiger partial charge in [-0.15, -0.1) is 0 Å². The molecule has 58 valence electrons. The highest BCUT2D eigenvalue weighted by atomic mass is 19.1. The second kappa shape index (κ2) is 4.74. The van der Waals surface area contributed by atoms with Gasteiger partial charge in [0.1, 0.15) is 6.17 Å². The summed E-state index contributed by atoms with van der Waals surface area (Å²) in [5.41, 5.74) is 0.